The van der Waals surface area contributed by atoms with E-state index in [1.54, 1.807) is 48.3 Å². The van der Waals surface area contributed by atoms with E-state index in [1.807, 2.05) is 0 Å². The average Bonchev–Trinajstić information content (AvgIpc) is 2.93. The number of rotatable bonds is 2. The predicted octanol–water partition coefficient (Wildman–Crippen LogP) is 3.05. The Balaban J connectivity index is 2.10. The van der Waals surface area contributed by atoms with Gasteiger partial charge in [-0.2, -0.15) is 0 Å². The Morgan fingerprint density at radius 3 is 2.94 bits per heavy atom. The average molecular weight is 261 g/mol. The fourth-order valence-electron chi connectivity index (χ4n) is 1.82. The molecule has 3 aromatic rings. The molecule has 5 heteroatoms. The zero-order chi connectivity index (χ0) is 12.7. The molecule has 0 radical (unpaired) electrons. The van der Waals surface area contributed by atoms with Gasteiger partial charge in [-0.05, 0) is 24.3 Å². The second-order valence-electron chi connectivity index (χ2n) is 3.98. The summed E-state index contributed by atoms with van der Waals surface area (Å²) in [5, 5.41) is 1.42. The molecule has 4 nitrogen and oxygen atoms in total. The topological polar surface area (TPSA) is 48.0 Å². The number of fused-ring (bicyclic) bond motifs is 1. The number of furan rings is 1. The Hall–Kier alpha value is -2.07. The maximum atomic E-state index is 12.2. The van der Waals surface area contributed by atoms with Gasteiger partial charge in [-0.15, -0.1) is 0 Å². The third-order valence-corrected chi connectivity index (χ3v) is 2.96. The standard InChI is InChI=1S/C13H9ClN2O2/c1-16-5-4-15-13(16)12(17)11-7-8-6-9(14)2-3-10(8)18-11/h2-7H,1H3. The Morgan fingerprint density at radius 1 is 1.39 bits per heavy atom. The molecule has 0 spiro atoms. The maximum absolute atomic E-state index is 12.2. The van der Waals surface area contributed by atoms with Crippen LogP contribution in [0.4, 0.5) is 0 Å². The lowest BCUT2D eigenvalue weighted by atomic mass is 10.2. The third-order valence-electron chi connectivity index (χ3n) is 2.73. The highest BCUT2D eigenvalue weighted by molar-refractivity contribution is 6.31. The number of halogens is 1. The third kappa shape index (κ3) is 1.71. The van der Waals surface area contributed by atoms with E-state index < -0.39 is 0 Å². The van der Waals surface area contributed by atoms with Gasteiger partial charge in [0.25, 0.3) is 5.78 Å². The Kier molecular flexibility index (Phi) is 2.45. The number of hydrogen-bond donors (Lipinski definition) is 0. The molecule has 0 N–H and O–H groups in total. The SMILES string of the molecule is Cn1ccnc1C(=O)c1cc2cc(Cl)ccc2o1. The summed E-state index contributed by atoms with van der Waals surface area (Å²) in [7, 11) is 1.76. The molecule has 0 aliphatic heterocycles. The van der Waals surface area contributed by atoms with Crippen molar-refractivity contribution in [1.82, 2.24) is 9.55 Å². The number of imidazole rings is 1. The monoisotopic (exact) mass is 260 g/mol. The number of aryl methyl sites for hydroxylation is 1. The summed E-state index contributed by atoms with van der Waals surface area (Å²) in [6.45, 7) is 0. The first-order valence-corrected chi connectivity index (χ1v) is 5.74. The van der Waals surface area contributed by atoms with E-state index >= 15 is 0 Å². The maximum Gasteiger partial charge on any atom is 0.263 e. The van der Waals surface area contributed by atoms with E-state index in [-0.39, 0.29) is 11.5 Å². The summed E-state index contributed by atoms with van der Waals surface area (Å²) in [5.41, 5.74) is 0.636. The summed E-state index contributed by atoms with van der Waals surface area (Å²) in [6.07, 6.45) is 3.29. The van der Waals surface area contributed by atoms with Crippen LogP contribution in [0.3, 0.4) is 0 Å². The van der Waals surface area contributed by atoms with Gasteiger partial charge in [-0.25, -0.2) is 4.98 Å². The van der Waals surface area contributed by atoms with Gasteiger partial charge in [0.05, 0.1) is 0 Å². The van der Waals surface area contributed by atoms with Crippen LogP contribution < -0.4 is 0 Å². The molecule has 3 rings (SSSR count). The molecule has 1 aromatic carbocycles. The zero-order valence-electron chi connectivity index (χ0n) is 9.55. The van der Waals surface area contributed by atoms with E-state index in [4.69, 9.17) is 16.0 Å². The molecule has 90 valence electrons. The molecule has 2 aromatic heterocycles. The lowest BCUT2D eigenvalue weighted by Gasteiger charge is -1.96. The van der Waals surface area contributed by atoms with Gasteiger partial charge in [0.2, 0.25) is 0 Å². The van der Waals surface area contributed by atoms with Crippen LogP contribution >= 0.6 is 11.6 Å². The van der Waals surface area contributed by atoms with Crippen LogP contribution in [-0.4, -0.2) is 15.3 Å². The first-order chi connectivity index (χ1) is 8.65. The Bertz CT molecular complexity index is 742. The van der Waals surface area contributed by atoms with Gasteiger partial charge in [-0.1, -0.05) is 11.6 Å². The molecule has 0 aliphatic carbocycles. The highest BCUT2D eigenvalue weighted by atomic mass is 35.5. The smallest absolute Gasteiger partial charge is 0.263 e. The summed E-state index contributed by atoms with van der Waals surface area (Å²) >= 11 is 5.89. The van der Waals surface area contributed by atoms with Crippen LogP contribution in [0.25, 0.3) is 11.0 Å². The van der Waals surface area contributed by atoms with E-state index in [9.17, 15) is 4.79 Å². The van der Waals surface area contributed by atoms with E-state index in [0.29, 0.717) is 16.4 Å². The van der Waals surface area contributed by atoms with Gasteiger partial charge in [0.1, 0.15) is 5.58 Å². The summed E-state index contributed by atoms with van der Waals surface area (Å²) < 4.78 is 7.16. The Morgan fingerprint density at radius 2 is 2.22 bits per heavy atom. The molecule has 18 heavy (non-hydrogen) atoms. The molecule has 0 aliphatic rings. The molecule has 0 fully saturated rings. The summed E-state index contributed by atoms with van der Waals surface area (Å²) in [4.78, 5) is 16.2. The summed E-state index contributed by atoms with van der Waals surface area (Å²) in [5.74, 6) is 0.372. The minimum absolute atomic E-state index is 0.241. The second kappa shape index (κ2) is 3.99. The van der Waals surface area contributed by atoms with Gasteiger partial charge in [0, 0.05) is 29.9 Å². The fourth-order valence-corrected chi connectivity index (χ4v) is 2.00. The van der Waals surface area contributed by atoms with Crippen LogP contribution in [0, 0.1) is 0 Å². The van der Waals surface area contributed by atoms with Crippen LogP contribution in [0.15, 0.2) is 41.1 Å². The van der Waals surface area contributed by atoms with Crippen molar-refractivity contribution in [1.29, 1.82) is 0 Å². The Labute approximate surface area is 108 Å². The molecule has 0 saturated carbocycles. The van der Waals surface area contributed by atoms with Crippen molar-refractivity contribution in [3.63, 3.8) is 0 Å². The first-order valence-electron chi connectivity index (χ1n) is 5.36. The van der Waals surface area contributed by atoms with E-state index in [2.05, 4.69) is 4.98 Å². The normalized spacial score (nSPS) is 11.0. The number of carbonyl (C=O) groups is 1. The first kappa shape index (κ1) is 11.0. The molecular formula is C13H9ClN2O2. The predicted molar refractivity (Wildman–Crippen MR) is 67.9 cm³/mol. The highest BCUT2D eigenvalue weighted by Crippen LogP contribution is 2.24. The minimum atomic E-state index is -0.241. The van der Waals surface area contributed by atoms with Gasteiger partial charge in [0.15, 0.2) is 11.6 Å². The molecule has 0 unspecified atom stereocenters. The summed E-state index contributed by atoms with van der Waals surface area (Å²) in [6, 6.07) is 6.91. The quantitative estimate of drug-likeness (QED) is 0.666. The van der Waals surface area contributed by atoms with Crippen molar-refractivity contribution in [2.45, 2.75) is 0 Å². The van der Waals surface area contributed by atoms with E-state index in [0.717, 1.165) is 5.39 Å². The molecular weight excluding hydrogens is 252 g/mol. The minimum Gasteiger partial charge on any atom is -0.452 e. The zero-order valence-corrected chi connectivity index (χ0v) is 10.3. The lowest BCUT2D eigenvalue weighted by Crippen LogP contribution is -2.07. The van der Waals surface area contributed by atoms with Gasteiger partial charge in [-0.3, -0.25) is 4.79 Å². The van der Waals surface area contributed by atoms with Crippen LogP contribution in [-0.2, 0) is 7.05 Å². The highest BCUT2D eigenvalue weighted by Gasteiger charge is 2.18. The molecule has 0 atom stereocenters. The van der Waals surface area contributed by atoms with Crippen LogP contribution in [0.1, 0.15) is 16.4 Å². The number of benzene rings is 1. The van der Waals surface area contributed by atoms with Crippen molar-refractivity contribution in [2.75, 3.05) is 0 Å². The molecule has 0 bridgehead atoms. The second-order valence-corrected chi connectivity index (χ2v) is 4.42. The molecule has 0 saturated heterocycles. The lowest BCUT2D eigenvalue weighted by molar-refractivity contribution is 0.0998. The van der Waals surface area contributed by atoms with Crippen molar-refractivity contribution in [2.24, 2.45) is 7.05 Å². The molecule has 2 heterocycles. The van der Waals surface area contributed by atoms with Crippen LogP contribution in [0.5, 0.6) is 0 Å². The molecule has 0 amide bonds. The van der Waals surface area contributed by atoms with Crippen LogP contribution in [0.2, 0.25) is 5.02 Å². The number of ketones is 1. The number of carbonyl (C=O) groups excluding carboxylic acids is 1. The van der Waals surface area contributed by atoms with Crippen molar-refractivity contribution >= 4 is 28.4 Å². The van der Waals surface area contributed by atoms with Gasteiger partial charge >= 0.3 is 0 Å². The van der Waals surface area contributed by atoms with Gasteiger partial charge < -0.3 is 8.98 Å². The number of nitrogens with zero attached hydrogens (tertiary/aromatic N) is 2. The fraction of sp³-hybridized carbons (Fsp3) is 0.0769. The van der Waals surface area contributed by atoms with Crippen molar-refractivity contribution in [3.8, 4) is 0 Å². The van der Waals surface area contributed by atoms with Crippen molar-refractivity contribution < 1.29 is 9.21 Å². The van der Waals surface area contributed by atoms with E-state index in [1.165, 1.54) is 0 Å². The number of aromatic nitrogens is 2. The van der Waals surface area contributed by atoms with Crippen molar-refractivity contribution in [3.05, 3.63) is 53.3 Å². The largest absolute Gasteiger partial charge is 0.452 e. The number of hydrogen-bond acceptors (Lipinski definition) is 3.